The second-order valence-electron chi connectivity index (χ2n) is 3.82. The summed E-state index contributed by atoms with van der Waals surface area (Å²) in [6, 6.07) is 0.604. The maximum absolute atomic E-state index is 11.3. The van der Waals surface area contributed by atoms with E-state index in [0.29, 0.717) is 18.4 Å². The van der Waals surface area contributed by atoms with E-state index in [1.807, 2.05) is 6.92 Å². The van der Waals surface area contributed by atoms with Gasteiger partial charge in [0.05, 0.1) is 0 Å². The van der Waals surface area contributed by atoms with Gasteiger partial charge in [-0.3, -0.25) is 4.79 Å². The minimum atomic E-state index is 0.349. The zero-order chi connectivity index (χ0) is 8.01. The van der Waals surface area contributed by atoms with E-state index >= 15 is 0 Å². The molecule has 3 atom stereocenters. The predicted molar refractivity (Wildman–Crippen MR) is 43.1 cm³/mol. The van der Waals surface area contributed by atoms with E-state index < -0.39 is 0 Å². The fourth-order valence-corrected chi connectivity index (χ4v) is 2.39. The number of carbonyl (C=O) groups excluding carboxylic acids is 1. The van der Waals surface area contributed by atoms with Gasteiger partial charge in [-0.15, -0.1) is 0 Å². The van der Waals surface area contributed by atoms with Gasteiger partial charge in [0, 0.05) is 19.0 Å². The Morgan fingerprint density at radius 1 is 1.64 bits per heavy atom. The molecule has 3 rings (SSSR count). The van der Waals surface area contributed by atoms with Crippen molar-refractivity contribution in [2.24, 2.45) is 11.8 Å². The third-order valence-electron chi connectivity index (χ3n) is 3.35. The van der Waals surface area contributed by atoms with E-state index in [1.54, 1.807) is 0 Å². The zero-order valence-corrected chi connectivity index (χ0v) is 7.21. The van der Waals surface area contributed by atoms with E-state index in [-0.39, 0.29) is 0 Å². The number of hydrogen-bond donors (Lipinski definition) is 0. The molecule has 3 aliphatic rings. The molecule has 0 radical (unpaired) electrons. The first-order chi connectivity index (χ1) is 5.24. The van der Waals surface area contributed by atoms with Crippen LogP contribution in [0.25, 0.3) is 0 Å². The summed E-state index contributed by atoms with van der Waals surface area (Å²) in [6.45, 7) is 5.25. The summed E-state index contributed by atoms with van der Waals surface area (Å²) in [5.74, 6) is 1.96. The minimum absolute atomic E-state index is 0.349. The fourth-order valence-electron chi connectivity index (χ4n) is 2.39. The van der Waals surface area contributed by atoms with Crippen LogP contribution in [0.15, 0.2) is 0 Å². The molecule has 0 aromatic carbocycles. The van der Waals surface area contributed by atoms with Gasteiger partial charge in [0.1, 0.15) is 0 Å². The average Bonchev–Trinajstić information content (AvgIpc) is 2.58. The Hall–Kier alpha value is -0.530. The first kappa shape index (κ1) is 7.14. The Labute approximate surface area is 67.6 Å². The molecular formula is C9H15NO. The van der Waals surface area contributed by atoms with Crippen LogP contribution in [0.1, 0.15) is 26.7 Å². The molecule has 3 fully saturated rings. The molecule has 0 aromatic rings. The molecule has 3 unspecified atom stereocenters. The van der Waals surface area contributed by atoms with Crippen LogP contribution in [0.2, 0.25) is 0 Å². The van der Waals surface area contributed by atoms with Crippen molar-refractivity contribution in [3.63, 3.8) is 0 Å². The number of carbonyl (C=O) groups is 1. The van der Waals surface area contributed by atoms with E-state index in [2.05, 4.69) is 11.8 Å². The van der Waals surface area contributed by atoms with Gasteiger partial charge in [-0.05, 0) is 18.3 Å². The monoisotopic (exact) mass is 153 g/mol. The van der Waals surface area contributed by atoms with Crippen molar-refractivity contribution in [1.29, 1.82) is 0 Å². The van der Waals surface area contributed by atoms with Crippen molar-refractivity contribution in [3.05, 3.63) is 0 Å². The van der Waals surface area contributed by atoms with Crippen molar-refractivity contribution >= 4 is 5.91 Å². The van der Waals surface area contributed by atoms with Gasteiger partial charge in [0.2, 0.25) is 5.91 Å². The van der Waals surface area contributed by atoms with Crippen LogP contribution in [0.4, 0.5) is 0 Å². The zero-order valence-electron chi connectivity index (χ0n) is 7.21. The summed E-state index contributed by atoms with van der Waals surface area (Å²) in [5, 5.41) is 0. The summed E-state index contributed by atoms with van der Waals surface area (Å²) in [6.07, 6.45) is 1.95. The largest absolute Gasteiger partial charge is 0.339 e. The van der Waals surface area contributed by atoms with Gasteiger partial charge in [-0.25, -0.2) is 0 Å². The number of rotatable bonds is 1. The Bertz CT molecular complexity index is 190. The molecule has 2 heterocycles. The number of amides is 1. The molecule has 11 heavy (non-hydrogen) atoms. The Balaban J connectivity index is 2.04. The van der Waals surface area contributed by atoms with Crippen LogP contribution < -0.4 is 0 Å². The van der Waals surface area contributed by atoms with Crippen molar-refractivity contribution in [3.8, 4) is 0 Å². The third-order valence-corrected chi connectivity index (χ3v) is 3.35. The molecule has 2 bridgehead atoms. The molecule has 2 aliphatic heterocycles. The first-order valence-electron chi connectivity index (χ1n) is 4.53. The molecule has 0 N–H and O–H groups in total. The molecule has 2 nitrogen and oxygen atoms in total. The van der Waals surface area contributed by atoms with Crippen LogP contribution in [-0.2, 0) is 4.79 Å². The second-order valence-corrected chi connectivity index (χ2v) is 3.82. The van der Waals surface area contributed by atoms with E-state index in [4.69, 9.17) is 0 Å². The lowest BCUT2D eigenvalue weighted by atomic mass is 9.75. The average molecular weight is 153 g/mol. The number of hydrogen-bond acceptors (Lipinski definition) is 1. The topological polar surface area (TPSA) is 20.3 Å². The quantitative estimate of drug-likeness (QED) is 0.555. The van der Waals surface area contributed by atoms with Gasteiger partial charge in [0.25, 0.3) is 0 Å². The molecule has 1 aliphatic carbocycles. The highest BCUT2D eigenvalue weighted by Gasteiger charge is 2.50. The Kier molecular flexibility index (Phi) is 1.44. The predicted octanol–water partition coefficient (Wildman–Crippen LogP) is 1.26. The van der Waals surface area contributed by atoms with Crippen molar-refractivity contribution in [2.75, 3.05) is 6.54 Å². The smallest absolute Gasteiger partial charge is 0.222 e. The Morgan fingerprint density at radius 2 is 2.36 bits per heavy atom. The molecule has 1 saturated carbocycles. The molecule has 1 amide bonds. The summed E-state index contributed by atoms with van der Waals surface area (Å²) < 4.78 is 0. The summed E-state index contributed by atoms with van der Waals surface area (Å²) in [4.78, 5) is 13.4. The normalized spacial score (nSPS) is 40.5. The second kappa shape index (κ2) is 2.23. The minimum Gasteiger partial charge on any atom is -0.339 e. The van der Waals surface area contributed by atoms with Gasteiger partial charge >= 0.3 is 0 Å². The molecule has 2 heteroatoms. The van der Waals surface area contributed by atoms with Crippen molar-refractivity contribution in [2.45, 2.75) is 32.7 Å². The fraction of sp³-hybridized carbons (Fsp3) is 0.889. The van der Waals surface area contributed by atoms with E-state index in [9.17, 15) is 4.79 Å². The SMILES string of the molecule is CCC(=O)N1CC2CC1C2C. The van der Waals surface area contributed by atoms with Gasteiger partial charge < -0.3 is 4.90 Å². The van der Waals surface area contributed by atoms with Crippen LogP contribution in [0.3, 0.4) is 0 Å². The number of fused-ring (bicyclic) bond motifs is 1. The lowest BCUT2D eigenvalue weighted by Crippen LogP contribution is -2.39. The molecule has 0 aromatic heterocycles. The first-order valence-corrected chi connectivity index (χ1v) is 4.53. The van der Waals surface area contributed by atoms with E-state index in [0.717, 1.165) is 18.4 Å². The molecule has 0 spiro atoms. The van der Waals surface area contributed by atoms with Crippen LogP contribution in [0.5, 0.6) is 0 Å². The summed E-state index contributed by atoms with van der Waals surface area (Å²) in [7, 11) is 0. The van der Waals surface area contributed by atoms with Crippen molar-refractivity contribution < 1.29 is 4.79 Å². The van der Waals surface area contributed by atoms with Crippen molar-refractivity contribution in [1.82, 2.24) is 4.90 Å². The maximum atomic E-state index is 11.3. The van der Waals surface area contributed by atoms with Crippen LogP contribution >= 0.6 is 0 Å². The number of nitrogens with zero attached hydrogens (tertiary/aromatic N) is 1. The molecule has 2 saturated heterocycles. The van der Waals surface area contributed by atoms with Gasteiger partial charge in [-0.2, -0.15) is 0 Å². The maximum Gasteiger partial charge on any atom is 0.222 e. The standard InChI is InChI=1S/C9H15NO/c1-3-9(11)10-5-7-4-8(10)6(7)2/h6-8H,3-5H2,1-2H3. The third kappa shape index (κ3) is 0.815. The summed E-state index contributed by atoms with van der Waals surface area (Å²) >= 11 is 0. The molecular weight excluding hydrogens is 138 g/mol. The van der Waals surface area contributed by atoms with Crippen LogP contribution in [0, 0.1) is 11.8 Å². The van der Waals surface area contributed by atoms with E-state index in [1.165, 1.54) is 6.42 Å². The van der Waals surface area contributed by atoms with Gasteiger partial charge in [-0.1, -0.05) is 13.8 Å². The Morgan fingerprint density at radius 3 is 2.73 bits per heavy atom. The van der Waals surface area contributed by atoms with Gasteiger partial charge in [0.15, 0.2) is 0 Å². The lowest BCUT2D eigenvalue weighted by Gasteiger charge is -2.33. The molecule has 62 valence electrons. The summed E-state index contributed by atoms with van der Waals surface area (Å²) in [5.41, 5.74) is 0. The highest BCUT2D eigenvalue weighted by atomic mass is 16.2. The highest BCUT2D eigenvalue weighted by Crippen LogP contribution is 2.45. The van der Waals surface area contributed by atoms with Crippen LogP contribution in [-0.4, -0.2) is 23.4 Å². The highest BCUT2D eigenvalue weighted by molar-refractivity contribution is 5.77. The lowest BCUT2D eigenvalue weighted by molar-refractivity contribution is -0.131.